The maximum absolute atomic E-state index is 12.7. The van der Waals surface area contributed by atoms with Crippen LogP contribution in [0.3, 0.4) is 0 Å². The predicted molar refractivity (Wildman–Crippen MR) is 111 cm³/mol. The highest BCUT2D eigenvalue weighted by Gasteiger charge is 2.29. The third kappa shape index (κ3) is 3.93. The highest BCUT2D eigenvalue weighted by atomic mass is 16.5. The molecule has 1 aromatic heterocycles. The molecule has 6 heteroatoms. The first-order valence-electron chi connectivity index (χ1n) is 10.9. The molecule has 0 saturated carbocycles. The largest absolute Gasteiger partial charge is 0.480 e. The lowest BCUT2D eigenvalue weighted by atomic mass is 9.96. The van der Waals surface area contributed by atoms with Gasteiger partial charge in [-0.05, 0) is 74.6 Å². The SMILES string of the molecule is O=C(NC1CCN(c2cc3c(nn2)CCCC3)CC1)[C@H]1CCc2ccccc2O1. The number of carbonyl (C=O) groups excluding carboxylic acids is 1. The van der Waals surface area contributed by atoms with Crippen LogP contribution in [-0.2, 0) is 24.1 Å². The zero-order valence-corrected chi connectivity index (χ0v) is 16.8. The Morgan fingerprint density at radius 2 is 1.83 bits per heavy atom. The van der Waals surface area contributed by atoms with Crippen molar-refractivity contribution in [3.8, 4) is 5.75 Å². The van der Waals surface area contributed by atoms with Gasteiger partial charge < -0.3 is 15.0 Å². The van der Waals surface area contributed by atoms with E-state index in [0.717, 1.165) is 63.2 Å². The Hall–Kier alpha value is -2.63. The fourth-order valence-corrected chi connectivity index (χ4v) is 4.69. The van der Waals surface area contributed by atoms with E-state index < -0.39 is 0 Å². The molecule has 152 valence electrons. The van der Waals surface area contributed by atoms with Crippen LogP contribution in [0.15, 0.2) is 30.3 Å². The summed E-state index contributed by atoms with van der Waals surface area (Å²) in [5, 5.41) is 12.1. The second-order valence-electron chi connectivity index (χ2n) is 8.40. The molecule has 29 heavy (non-hydrogen) atoms. The summed E-state index contributed by atoms with van der Waals surface area (Å²) in [6.45, 7) is 1.79. The molecule has 1 saturated heterocycles. The summed E-state index contributed by atoms with van der Waals surface area (Å²) >= 11 is 0. The Kier molecular flexibility index (Phi) is 5.08. The van der Waals surface area contributed by atoms with Gasteiger partial charge in [0.15, 0.2) is 11.9 Å². The molecule has 1 aromatic carbocycles. The maximum Gasteiger partial charge on any atom is 0.261 e. The van der Waals surface area contributed by atoms with E-state index in [-0.39, 0.29) is 18.1 Å². The molecular weight excluding hydrogens is 364 g/mol. The number of aryl methyl sites for hydroxylation is 3. The molecule has 1 atom stereocenters. The number of fused-ring (bicyclic) bond motifs is 2. The molecule has 2 aromatic rings. The highest BCUT2D eigenvalue weighted by Crippen LogP contribution is 2.28. The third-order valence-electron chi connectivity index (χ3n) is 6.43. The number of hydrogen-bond acceptors (Lipinski definition) is 5. The minimum Gasteiger partial charge on any atom is -0.480 e. The number of nitrogens with zero attached hydrogens (tertiary/aromatic N) is 3. The van der Waals surface area contributed by atoms with E-state index in [1.807, 2.05) is 18.2 Å². The van der Waals surface area contributed by atoms with Gasteiger partial charge in [-0.3, -0.25) is 4.79 Å². The van der Waals surface area contributed by atoms with Crippen LogP contribution in [0.5, 0.6) is 5.75 Å². The number of para-hydroxylation sites is 1. The van der Waals surface area contributed by atoms with Gasteiger partial charge in [0.25, 0.3) is 5.91 Å². The van der Waals surface area contributed by atoms with Crippen LogP contribution in [-0.4, -0.2) is 41.3 Å². The van der Waals surface area contributed by atoms with Crippen LogP contribution >= 0.6 is 0 Å². The number of aromatic nitrogens is 2. The lowest BCUT2D eigenvalue weighted by molar-refractivity contribution is -0.129. The standard InChI is InChI=1S/C23H28N4O2/c28-23(21-10-9-16-5-2-4-8-20(16)29-21)24-18-11-13-27(14-12-18)22-15-17-6-1-3-7-19(17)25-26-22/h2,4-5,8,15,18,21H,1,3,6-7,9-14H2,(H,24,28)/t21-/m1/s1. The molecule has 0 unspecified atom stereocenters. The molecule has 3 aliphatic rings. The highest BCUT2D eigenvalue weighted by molar-refractivity contribution is 5.81. The number of benzene rings is 1. The molecule has 0 radical (unpaired) electrons. The van der Waals surface area contributed by atoms with Crippen LogP contribution in [0, 0.1) is 0 Å². The van der Waals surface area contributed by atoms with E-state index in [1.54, 1.807) is 0 Å². The Balaban J connectivity index is 1.15. The first kappa shape index (κ1) is 18.4. The van der Waals surface area contributed by atoms with Gasteiger partial charge in [-0.2, -0.15) is 5.10 Å². The Bertz CT molecular complexity index is 892. The number of nitrogens with one attached hydrogen (secondary N) is 1. The number of rotatable bonds is 3. The van der Waals surface area contributed by atoms with Crippen molar-refractivity contribution in [2.24, 2.45) is 0 Å². The topological polar surface area (TPSA) is 67.4 Å². The van der Waals surface area contributed by atoms with Crippen LogP contribution in [0.4, 0.5) is 5.82 Å². The summed E-state index contributed by atoms with van der Waals surface area (Å²) in [6, 6.07) is 10.4. The molecular formula is C23H28N4O2. The van der Waals surface area contributed by atoms with Crippen molar-refractivity contribution in [3.63, 3.8) is 0 Å². The van der Waals surface area contributed by atoms with Crippen LogP contribution in [0.1, 0.15) is 48.9 Å². The van der Waals surface area contributed by atoms with E-state index in [1.165, 1.54) is 29.7 Å². The van der Waals surface area contributed by atoms with Gasteiger partial charge >= 0.3 is 0 Å². The second-order valence-corrected chi connectivity index (χ2v) is 8.40. The summed E-state index contributed by atoms with van der Waals surface area (Å²) < 4.78 is 5.94. The Morgan fingerprint density at radius 1 is 1.00 bits per heavy atom. The fraction of sp³-hybridized carbons (Fsp3) is 0.522. The number of amides is 1. The minimum atomic E-state index is -0.380. The van der Waals surface area contributed by atoms with Gasteiger partial charge in [-0.15, -0.1) is 5.10 Å². The van der Waals surface area contributed by atoms with E-state index in [4.69, 9.17) is 4.74 Å². The number of hydrogen-bond donors (Lipinski definition) is 1. The second kappa shape index (κ2) is 8.01. The summed E-state index contributed by atoms with van der Waals surface area (Å²) in [6.07, 6.45) is 7.76. The van der Waals surface area contributed by atoms with Crippen molar-refractivity contribution in [1.82, 2.24) is 15.5 Å². The Morgan fingerprint density at radius 3 is 2.72 bits per heavy atom. The molecule has 6 nitrogen and oxygen atoms in total. The number of piperidine rings is 1. The van der Waals surface area contributed by atoms with Crippen molar-refractivity contribution in [3.05, 3.63) is 47.2 Å². The third-order valence-corrected chi connectivity index (χ3v) is 6.43. The first-order chi connectivity index (χ1) is 14.3. The predicted octanol–water partition coefficient (Wildman–Crippen LogP) is 2.83. The molecule has 1 N–H and O–H groups in total. The number of ether oxygens (including phenoxy) is 1. The maximum atomic E-state index is 12.7. The number of carbonyl (C=O) groups is 1. The van der Waals surface area contributed by atoms with Gasteiger partial charge in [-0.25, -0.2) is 0 Å². The number of anilines is 1. The molecule has 1 aliphatic carbocycles. The summed E-state index contributed by atoms with van der Waals surface area (Å²) in [5.74, 6) is 1.86. The van der Waals surface area contributed by atoms with E-state index >= 15 is 0 Å². The quantitative estimate of drug-likeness (QED) is 0.870. The summed E-state index contributed by atoms with van der Waals surface area (Å²) in [5.41, 5.74) is 3.73. The zero-order valence-electron chi connectivity index (χ0n) is 16.8. The van der Waals surface area contributed by atoms with Crippen molar-refractivity contribution in [2.75, 3.05) is 18.0 Å². The molecule has 2 aliphatic heterocycles. The van der Waals surface area contributed by atoms with Gasteiger partial charge in [0.1, 0.15) is 5.75 Å². The smallest absolute Gasteiger partial charge is 0.261 e. The van der Waals surface area contributed by atoms with Crippen molar-refractivity contribution in [1.29, 1.82) is 0 Å². The molecule has 5 rings (SSSR count). The molecule has 1 amide bonds. The molecule has 1 fully saturated rings. The average Bonchev–Trinajstić information content (AvgIpc) is 2.79. The Labute approximate surface area is 171 Å². The molecule has 0 bridgehead atoms. The molecule has 3 heterocycles. The van der Waals surface area contributed by atoms with E-state index in [2.05, 4.69) is 32.5 Å². The van der Waals surface area contributed by atoms with Crippen LogP contribution in [0.2, 0.25) is 0 Å². The summed E-state index contributed by atoms with van der Waals surface area (Å²) in [4.78, 5) is 15.0. The summed E-state index contributed by atoms with van der Waals surface area (Å²) in [7, 11) is 0. The van der Waals surface area contributed by atoms with Crippen molar-refractivity contribution < 1.29 is 9.53 Å². The minimum absolute atomic E-state index is 0.0199. The molecule has 0 spiro atoms. The van der Waals surface area contributed by atoms with Crippen LogP contribution in [0.25, 0.3) is 0 Å². The van der Waals surface area contributed by atoms with Gasteiger partial charge in [0.05, 0.1) is 5.69 Å². The van der Waals surface area contributed by atoms with E-state index in [0.29, 0.717) is 0 Å². The van der Waals surface area contributed by atoms with Crippen LogP contribution < -0.4 is 15.0 Å². The van der Waals surface area contributed by atoms with Gasteiger partial charge in [0.2, 0.25) is 0 Å². The average molecular weight is 393 g/mol. The fourth-order valence-electron chi connectivity index (χ4n) is 4.69. The lowest BCUT2D eigenvalue weighted by Crippen LogP contribution is -2.49. The van der Waals surface area contributed by atoms with Crippen molar-refractivity contribution >= 4 is 11.7 Å². The normalized spacial score (nSPS) is 21.7. The van der Waals surface area contributed by atoms with Crippen molar-refractivity contribution in [2.45, 2.75) is 63.5 Å². The van der Waals surface area contributed by atoms with Gasteiger partial charge in [0, 0.05) is 19.1 Å². The first-order valence-corrected chi connectivity index (χ1v) is 10.9. The van der Waals surface area contributed by atoms with Gasteiger partial charge in [-0.1, -0.05) is 18.2 Å². The zero-order chi connectivity index (χ0) is 19.6. The van der Waals surface area contributed by atoms with E-state index in [9.17, 15) is 4.79 Å². The lowest BCUT2D eigenvalue weighted by Gasteiger charge is -2.34. The monoisotopic (exact) mass is 392 g/mol.